The van der Waals surface area contributed by atoms with Crippen molar-refractivity contribution in [2.75, 3.05) is 10.2 Å². The number of rotatable bonds is 4. The number of amides is 2. The average molecular weight is 443 g/mol. The molecular weight excluding hydrogens is 412 g/mol. The van der Waals surface area contributed by atoms with Crippen LogP contribution in [0.2, 0.25) is 0 Å². The van der Waals surface area contributed by atoms with E-state index in [9.17, 15) is 9.59 Å². The van der Waals surface area contributed by atoms with E-state index in [0.717, 1.165) is 5.56 Å². The Hall–Kier alpha value is -3.60. The van der Waals surface area contributed by atoms with E-state index in [4.69, 9.17) is 4.74 Å². The van der Waals surface area contributed by atoms with Crippen LogP contribution in [0.3, 0.4) is 0 Å². The number of benzene rings is 3. The van der Waals surface area contributed by atoms with Gasteiger partial charge in [-0.25, -0.2) is 0 Å². The van der Waals surface area contributed by atoms with Gasteiger partial charge in [0.15, 0.2) is 6.10 Å². The van der Waals surface area contributed by atoms with Gasteiger partial charge in [-0.05, 0) is 60.7 Å². The summed E-state index contributed by atoms with van der Waals surface area (Å²) in [5.41, 5.74) is 5.24. The summed E-state index contributed by atoms with van der Waals surface area (Å²) >= 11 is 0. The van der Waals surface area contributed by atoms with Crippen LogP contribution in [0, 0.1) is 6.92 Å². The first kappa shape index (κ1) is 22.6. The fraction of sp³-hybridized carbons (Fsp3) is 0.286. The summed E-state index contributed by atoms with van der Waals surface area (Å²) in [5.74, 6) is 0.322. The highest BCUT2D eigenvalue weighted by Gasteiger charge is 2.32. The van der Waals surface area contributed by atoms with E-state index in [1.54, 1.807) is 30.0 Å². The van der Waals surface area contributed by atoms with E-state index in [-0.39, 0.29) is 17.2 Å². The van der Waals surface area contributed by atoms with Gasteiger partial charge in [0.05, 0.1) is 12.2 Å². The largest absolute Gasteiger partial charge is 0.479 e. The predicted octanol–water partition coefficient (Wildman–Crippen LogP) is 5.86. The van der Waals surface area contributed by atoms with E-state index in [2.05, 4.69) is 26.1 Å². The van der Waals surface area contributed by atoms with Crippen molar-refractivity contribution in [1.82, 2.24) is 0 Å². The predicted molar refractivity (Wildman–Crippen MR) is 132 cm³/mol. The fourth-order valence-electron chi connectivity index (χ4n) is 3.85. The molecule has 0 radical (unpaired) electrons. The van der Waals surface area contributed by atoms with Gasteiger partial charge in [-0.1, -0.05) is 62.7 Å². The fourth-order valence-corrected chi connectivity index (χ4v) is 3.85. The molecule has 4 rings (SSSR count). The monoisotopic (exact) mass is 442 g/mol. The van der Waals surface area contributed by atoms with Crippen molar-refractivity contribution in [3.63, 3.8) is 0 Å². The van der Waals surface area contributed by atoms with Crippen LogP contribution in [0.25, 0.3) is 0 Å². The second-order valence-corrected chi connectivity index (χ2v) is 9.63. The van der Waals surface area contributed by atoms with Gasteiger partial charge in [-0.2, -0.15) is 0 Å². The summed E-state index contributed by atoms with van der Waals surface area (Å²) in [5, 5.41) is 2.95. The van der Waals surface area contributed by atoms with E-state index in [0.29, 0.717) is 29.2 Å². The number of anilines is 2. The molecule has 170 valence electrons. The molecule has 1 N–H and O–H groups in total. The van der Waals surface area contributed by atoms with Crippen molar-refractivity contribution in [2.24, 2.45) is 0 Å². The quantitative estimate of drug-likeness (QED) is 0.551. The van der Waals surface area contributed by atoms with E-state index in [1.165, 1.54) is 11.1 Å². The zero-order valence-electron chi connectivity index (χ0n) is 19.8. The lowest BCUT2D eigenvalue weighted by molar-refractivity contribution is -0.125. The van der Waals surface area contributed by atoms with Crippen LogP contribution in [0.5, 0.6) is 5.75 Å². The number of nitrogens with one attached hydrogen (secondary N) is 1. The molecule has 1 aliphatic rings. The molecule has 1 aliphatic heterocycles. The summed E-state index contributed by atoms with van der Waals surface area (Å²) in [7, 11) is 0. The van der Waals surface area contributed by atoms with Gasteiger partial charge in [-0.15, -0.1) is 0 Å². The third kappa shape index (κ3) is 4.92. The molecule has 1 heterocycles. The Morgan fingerprint density at radius 2 is 1.67 bits per heavy atom. The van der Waals surface area contributed by atoms with E-state index < -0.39 is 6.10 Å². The molecular formula is C28H30N2O3. The topological polar surface area (TPSA) is 58.6 Å². The third-order valence-electron chi connectivity index (χ3n) is 5.90. The van der Waals surface area contributed by atoms with Crippen LogP contribution in [0.1, 0.15) is 54.7 Å². The Morgan fingerprint density at radius 1 is 1.00 bits per heavy atom. The molecule has 0 spiro atoms. The molecule has 5 heteroatoms. The maximum Gasteiger partial charge on any atom is 0.268 e. The van der Waals surface area contributed by atoms with Gasteiger partial charge >= 0.3 is 0 Å². The zero-order chi connectivity index (χ0) is 23.8. The molecule has 0 aliphatic carbocycles. The highest BCUT2D eigenvalue weighted by Crippen LogP contribution is 2.37. The minimum Gasteiger partial charge on any atom is -0.479 e. The smallest absolute Gasteiger partial charge is 0.268 e. The maximum absolute atomic E-state index is 12.9. The Morgan fingerprint density at radius 3 is 2.30 bits per heavy atom. The number of hydrogen-bond donors (Lipinski definition) is 1. The van der Waals surface area contributed by atoms with Gasteiger partial charge < -0.3 is 15.0 Å². The molecule has 0 fully saturated rings. The molecule has 0 aromatic heterocycles. The second-order valence-electron chi connectivity index (χ2n) is 9.63. The van der Waals surface area contributed by atoms with Crippen LogP contribution in [-0.4, -0.2) is 17.9 Å². The Bertz CT molecular complexity index is 1180. The Kier molecular flexibility index (Phi) is 5.98. The van der Waals surface area contributed by atoms with Gasteiger partial charge in [0.2, 0.25) is 0 Å². The molecule has 5 nitrogen and oxygen atoms in total. The number of carbonyl (C=O) groups is 2. The average Bonchev–Trinajstić information content (AvgIpc) is 2.78. The SMILES string of the molecule is Cc1ccc(CN2C(=O)C(C)Oc3ccc(NC(=O)c4ccc(C(C)(C)C)cc4)cc32)cc1. The zero-order valence-corrected chi connectivity index (χ0v) is 19.8. The minimum absolute atomic E-state index is 0.0259. The number of aryl methyl sites for hydroxylation is 1. The standard InChI is InChI=1S/C28H30N2O3/c1-18-6-8-20(9-7-18)17-30-24-16-23(14-15-25(24)33-19(2)27(30)32)29-26(31)21-10-12-22(13-11-21)28(3,4)5/h6-16,19H,17H2,1-5H3,(H,29,31). The Labute approximate surface area is 195 Å². The first-order valence-corrected chi connectivity index (χ1v) is 11.2. The molecule has 0 bridgehead atoms. The number of hydrogen-bond acceptors (Lipinski definition) is 3. The molecule has 3 aromatic carbocycles. The summed E-state index contributed by atoms with van der Waals surface area (Å²) in [6, 6.07) is 21.2. The van der Waals surface area contributed by atoms with Gasteiger partial charge in [-0.3, -0.25) is 9.59 Å². The van der Waals surface area contributed by atoms with E-state index >= 15 is 0 Å². The summed E-state index contributed by atoms with van der Waals surface area (Å²) in [6.45, 7) is 10.6. The van der Waals surface area contributed by atoms with Gasteiger partial charge in [0, 0.05) is 11.3 Å². The lowest BCUT2D eigenvalue weighted by Gasteiger charge is -2.33. The van der Waals surface area contributed by atoms with Crippen molar-refractivity contribution in [1.29, 1.82) is 0 Å². The molecule has 0 saturated heterocycles. The number of ether oxygens (including phenoxy) is 1. The number of nitrogens with zero attached hydrogens (tertiary/aromatic N) is 1. The van der Waals surface area contributed by atoms with Crippen molar-refractivity contribution in [2.45, 2.75) is 52.7 Å². The van der Waals surface area contributed by atoms with Crippen molar-refractivity contribution >= 4 is 23.2 Å². The molecule has 1 unspecified atom stereocenters. The molecule has 3 aromatic rings. The molecule has 1 atom stereocenters. The van der Waals surface area contributed by atoms with Crippen LogP contribution < -0.4 is 15.0 Å². The lowest BCUT2D eigenvalue weighted by atomic mass is 9.87. The third-order valence-corrected chi connectivity index (χ3v) is 5.90. The van der Waals surface area contributed by atoms with Crippen LogP contribution in [-0.2, 0) is 16.8 Å². The maximum atomic E-state index is 12.9. The second kappa shape index (κ2) is 8.74. The first-order chi connectivity index (χ1) is 15.6. The highest BCUT2D eigenvalue weighted by atomic mass is 16.5. The highest BCUT2D eigenvalue weighted by molar-refractivity contribution is 6.05. The number of fused-ring (bicyclic) bond motifs is 1. The normalized spacial score (nSPS) is 15.6. The summed E-state index contributed by atoms with van der Waals surface area (Å²) < 4.78 is 5.82. The summed E-state index contributed by atoms with van der Waals surface area (Å²) in [4.78, 5) is 27.5. The van der Waals surface area contributed by atoms with Crippen LogP contribution in [0.15, 0.2) is 66.7 Å². The van der Waals surface area contributed by atoms with Crippen LogP contribution in [0.4, 0.5) is 11.4 Å². The van der Waals surface area contributed by atoms with Crippen LogP contribution >= 0.6 is 0 Å². The minimum atomic E-state index is -0.565. The van der Waals surface area contributed by atoms with Gasteiger partial charge in [0.25, 0.3) is 11.8 Å². The van der Waals surface area contributed by atoms with Crippen molar-refractivity contribution in [3.8, 4) is 5.75 Å². The molecule has 0 saturated carbocycles. The molecule has 2 amide bonds. The molecule has 33 heavy (non-hydrogen) atoms. The lowest BCUT2D eigenvalue weighted by Crippen LogP contribution is -2.44. The van der Waals surface area contributed by atoms with Crippen molar-refractivity contribution in [3.05, 3.63) is 89.0 Å². The Balaban J connectivity index is 1.58. The van der Waals surface area contributed by atoms with E-state index in [1.807, 2.05) is 55.5 Å². The summed E-state index contributed by atoms with van der Waals surface area (Å²) in [6.07, 6.45) is -0.565. The number of carbonyl (C=O) groups excluding carboxylic acids is 2. The first-order valence-electron chi connectivity index (χ1n) is 11.2. The van der Waals surface area contributed by atoms with Gasteiger partial charge in [0.1, 0.15) is 5.75 Å². The van der Waals surface area contributed by atoms with Crippen molar-refractivity contribution < 1.29 is 14.3 Å².